The number of nitrogens with two attached hydrogens (primary N) is 1. The molecule has 0 bridgehead atoms. The topological polar surface area (TPSA) is 84.0 Å². The van der Waals surface area contributed by atoms with Crippen molar-refractivity contribution in [3.63, 3.8) is 0 Å². The number of hydrazine groups is 1. The molecule has 0 saturated carbocycles. The van der Waals surface area contributed by atoms with Gasteiger partial charge >= 0.3 is 0 Å². The van der Waals surface area contributed by atoms with Crippen LogP contribution in [0.2, 0.25) is 0 Å². The fourth-order valence-electron chi connectivity index (χ4n) is 1.78. The molecule has 0 spiro atoms. The number of nitrogens with one attached hydrogen (secondary N) is 2. The zero-order valence-corrected chi connectivity index (χ0v) is 13.3. The number of methoxy groups -OCH3 is 1. The highest BCUT2D eigenvalue weighted by molar-refractivity contribution is 5.77. The van der Waals surface area contributed by atoms with Crippen molar-refractivity contribution in [1.82, 2.24) is 10.9 Å². The smallest absolute Gasteiger partial charge is 0.207 e. The van der Waals surface area contributed by atoms with Crippen LogP contribution < -0.4 is 21.3 Å². The predicted molar refractivity (Wildman–Crippen MR) is 93.5 cm³/mol. The van der Waals surface area contributed by atoms with Crippen LogP contribution in [-0.4, -0.2) is 26.3 Å². The summed E-state index contributed by atoms with van der Waals surface area (Å²) in [6.45, 7) is 6.44. The molecule has 22 heavy (non-hydrogen) atoms. The van der Waals surface area contributed by atoms with Crippen molar-refractivity contribution < 1.29 is 4.74 Å². The van der Waals surface area contributed by atoms with Gasteiger partial charge in [0.2, 0.25) is 5.96 Å². The van der Waals surface area contributed by atoms with Crippen molar-refractivity contribution >= 4 is 24.4 Å². The number of unbranched alkanes of at least 4 members (excludes halogenated alkanes) is 2. The van der Waals surface area contributed by atoms with Gasteiger partial charge in [-0.15, -0.1) is 0 Å². The van der Waals surface area contributed by atoms with Gasteiger partial charge in [0.25, 0.3) is 0 Å². The average molecular weight is 303 g/mol. The Kier molecular flexibility index (Phi) is 8.18. The number of rotatable bonds is 9. The molecule has 0 aliphatic heterocycles. The maximum atomic E-state index is 5.73. The van der Waals surface area contributed by atoms with Crippen LogP contribution in [0.1, 0.15) is 31.7 Å². The number of ether oxygens (including phenoxy) is 1. The lowest BCUT2D eigenvalue weighted by atomic mass is 10.1. The summed E-state index contributed by atoms with van der Waals surface area (Å²) in [5.41, 5.74) is 13.1. The number of hydrogen-bond acceptors (Lipinski definition) is 4. The first kappa shape index (κ1) is 17.6. The number of hydrogen-bond donors (Lipinski definition) is 3. The van der Waals surface area contributed by atoms with Crippen LogP contribution in [0.5, 0.6) is 5.75 Å². The van der Waals surface area contributed by atoms with Gasteiger partial charge in [-0.2, -0.15) is 0 Å². The number of nitrogens with zero attached hydrogens (tertiary/aromatic N) is 2. The summed E-state index contributed by atoms with van der Waals surface area (Å²) >= 11 is 0. The van der Waals surface area contributed by atoms with Crippen LogP contribution in [0.4, 0.5) is 5.69 Å². The molecule has 120 valence electrons. The molecular formula is C16H25N5O. The van der Waals surface area contributed by atoms with Gasteiger partial charge in [0, 0.05) is 18.3 Å². The molecule has 1 aromatic rings. The van der Waals surface area contributed by atoms with Crippen molar-refractivity contribution in [1.29, 1.82) is 0 Å². The summed E-state index contributed by atoms with van der Waals surface area (Å²) < 4.78 is 5.19. The van der Waals surface area contributed by atoms with E-state index in [-0.39, 0.29) is 0 Å². The summed E-state index contributed by atoms with van der Waals surface area (Å²) in [4.78, 5) is 8.17. The Hall–Kier alpha value is -2.50. The van der Waals surface area contributed by atoms with E-state index in [1.807, 2.05) is 24.3 Å². The van der Waals surface area contributed by atoms with Crippen molar-refractivity contribution in [3.8, 4) is 5.75 Å². The van der Waals surface area contributed by atoms with Crippen molar-refractivity contribution in [2.45, 2.75) is 26.2 Å². The minimum Gasteiger partial charge on any atom is -0.497 e. The Bertz CT molecular complexity index is 525. The molecule has 4 N–H and O–H groups in total. The second-order valence-electron chi connectivity index (χ2n) is 4.66. The summed E-state index contributed by atoms with van der Waals surface area (Å²) in [5.74, 6) is 1.13. The van der Waals surface area contributed by atoms with Crippen LogP contribution in [0.25, 0.3) is 6.08 Å². The molecule has 0 fully saturated rings. The third-order valence-electron chi connectivity index (χ3n) is 3.00. The van der Waals surface area contributed by atoms with Gasteiger partial charge in [0.05, 0.1) is 12.8 Å². The lowest BCUT2D eigenvalue weighted by molar-refractivity contribution is 0.415. The molecule has 6 nitrogen and oxygen atoms in total. The second-order valence-corrected chi connectivity index (χ2v) is 4.66. The van der Waals surface area contributed by atoms with Gasteiger partial charge in [-0.05, 0) is 37.4 Å². The van der Waals surface area contributed by atoms with Crippen molar-refractivity contribution in [3.05, 3.63) is 30.0 Å². The maximum absolute atomic E-state index is 5.73. The normalized spacial score (nSPS) is 11.5. The molecule has 0 amide bonds. The Morgan fingerprint density at radius 2 is 2.23 bits per heavy atom. The minimum atomic E-state index is 0.369. The highest BCUT2D eigenvalue weighted by Crippen LogP contribution is 2.24. The lowest BCUT2D eigenvalue weighted by Crippen LogP contribution is -2.39. The first-order chi connectivity index (χ1) is 10.7. The third-order valence-corrected chi connectivity index (χ3v) is 3.00. The highest BCUT2D eigenvalue weighted by Gasteiger charge is 1.99. The van der Waals surface area contributed by atoms with E-state index in [4.69, 9.17) is 10.5 Å². The molecule has 0 aliphatic carbocycles. The Labute approximate surface area is 132 Å². The summed E-state index contributed by atoms with van der Waals surface area (Å²) in [6, 6.07) is 5.57. The van der Waals surface area contributed by atoms with E-state index in [0.29, 0.717) is 5.96 Å². The Balaban J connectivity index is 2.50. The van der Waals surface area contributed by atoms with Crippen LogP contribution in [-0.2, 0) is 0 Å². The third kappa shape index (κ3) is 6.30. The highest BCUT2D eigenvalue weighted by atomic mass is 16.5. The molecule has 0 heterocycles. The summed E-state index contributed by atoms with van der Waals surface area (Å²) in [7, 11) is 1.62. The Morgan fingerprint density at radius 3 is 2.91 bits per heavy atom. The molecule has 0 atom stereocenters. The SMILES string of the molecule is C=Nc1ccc(OC)cc1/C=C/NNC(N)=NCCCCC. The van der Waals surface area contributed by atoms with E-state index < -0.39 is 0 Å². The first-order valence-electron chi connectivity index (χ1n) is 7.34. The molecule has 0 radical (unpaired) electrons. The van der Waals surface area contributed by atoms with Crippen LogP contribution in [0.3, 0.4) is 0 Å². The monoisotopic (exact) mass is 303 g/mol. The van der Waals surface area contributed by atoms with E-state index in [0.717, 1.165) is 36.4 Å². The van der Waals surface area contributed by atoms with Gasteiger partial charge in [-0.1, -0.05) is 19.8 Å². The molecule has 1 aromatic carbocycles. The molecule has 0 saturated heterocycles. The lowest BCUT2D eigenvalue weighted by Gasteiger charge is -2.06. The zero-order chi connectivity index (χ0) is 16.2. The van der Waals surface area contributed by atoms with Crippen molar-refractivity contribution in [2.24, 2.45) is 15.7 Å². The van der Waals surface area contributed by atoms with Crippen LogP contribution in [0.15, 0.2) is 34.4 Å². The zero-order valence-electron chi connectivity index (χ0n) is 13.3. The van der Waals surface area contributed by atoms with Gasteiger partial charge < -0.3 is 15.9 Å². The molecular weight excluding hydrogens is 278 g/mol. The van der Waals surface area contributed by atoms with E-state index in [1.165, 1.54) is 6.42 Å². The predicted octanol–water partition coefficient (Wildman–Crippen LogP) is 2.60. The van der Waals surface area contributed by atoms with Crippen molar-refractivity contribution in [2.75, 3.05) is 13.7 Å². The van der Waals surface area contributed by atoms with Gasteiger partial charge in [-0.25, -0.2) is 0 Å². The largest absolute Gasteiger partial charge is 0.497 e. The first-order valence-corrected chi connectivity index (χ1v) is 7.34. The van der Waals surface area contributed by atoms with E-state index in [2.05, 4.69) is 34.5 Å². The summed E-state index contributed by atoms with van der Waals surface area (Å²) in [5, 5.41) is 0. The molecule has 0 aliphatic rings. The fourth-order valence-corrected chi connectivity index (χ4v) is 1.78. The number of aliphatic imine (C=N–C) groups is 2. The fraction of sp³-hybridized carbons (Fsp3) is 0.375. The quantitative estimate of drug-likeness (QED) is 0.283. The molecule has 0 unspecified atom stereocenters. The van der Waals surface area contributed by atoms with Gasteiger partial charge in [-0.3, -0.25) is 15.4 Å². The van der Waals surface area contributed by atoms with E-state index >= 15 is 0 Å². The molecule has 6 heteroatoms. The minimum absolute atomic E-state index is 0.369. The number of guanidine groups is 1. The van der Waals surface area contributed by atoms with E-state index in [1.54, 1.807) is 13.3 Å². The van der Waals surface area contributed by atoms with E-state index in [9.17, 15) is 0 Å². The van der Waals surface area contributed by atoms with Crippen LogP contribution >= 0.6 is 0 Å². The van der Waals surface area contributed by atoms with Crippen LogP contribution in [0, 0.1) is 0 Å². The standard InChI is InChI=1S/C16H25N5O/c1-4-5-6-10-19-16(17)21-20-11-9-13-12-14(22-3)7-8-15(13)18-2/h7-9,11-12,20H,2,4-6,10H2,1,3H3,(H3,17,19,21)/b11-9+. The second kappa shape index (κ2) is 10.3. The molecule has 0 aromatic heterocycles. The van der Waals surface area contributed by atoms with Gasteiger partial charge in [0.1, 0.15) is 5.75 Å². The molecule has 1 rings (SSSR count). The summed E-state index contributed by atoms with van der Waals surface area (Å²) in [6.07, 6.45) is 6.95. The van der Waals surface area contributed by atoms with Gasteiger partial charge in [0.15, 0.2) is 0 Å². The Morgan fingerprint density at radius 1 is 1.41 bits per heavy atom. The number of benzene rings is 1. The maximum Gasteiger partial charge on any atom is 0.207 e. The average Bonchev–Trinajstić information content (AvgIpc) is 2.55.